The molecule has 0 unspecified atom stereocenters. The normalized spacial score (nSPS) is 15.1. The lowest BCUT2D eigenvalue weighted by Gasteiger charge is -2.36. The number of aromatic nitrogens is 3. The van der Waals surface area contributed by atoms with Gasteiger partial charge in [0.25, 0.3) is 17.7 Å². The van der Waals surface area contributed by atoms with Crippen LogP contribution in [-0.2, 0) is 0 Å². The number of likely N-dealkylation sites (N-methyl/N-ethyl adjacent to an activating group) is 1. The molecule has 60 heavy (non-hydrogen) atoms. The first-order chi connectivity index (χ1) is 29.3. The molecule has 3 amide bonds. The maximum atomic E-state index is 13.5. The molecule has 2 aliphatic rings. The van der Waals surface area contributed by atoms with Gasteiger partial charge in [-0.05, 0) is 111 Å². The summed E-state index contributed by atoms with van der Waals surface area (Å²) in [7, 11) is 0. The molecule has 2 fully saturated rings. The summed E-state index contributed by atoms with van der Waals surface area (Å²) in [5.41, 5.74) is 5.20. The summed E-state index contributed by atoms with van der Waals surface area (Å²) >= 11 is 3.04. The number of piperazine rings is 1. The third kappa shape index (κ3) is 10.1. The van der Waals surface area contributed by atoms with Gasteiger partial charge >= 0.3 is 0 Å². The zero-order valence-electron chi connectivity index (χ0n) is 33.9. The average Bonchev–Trinajstić information content (AvgIpc) is 4.01. The number of pyridine rings is 1. The van der Waals surface area contributed by atoms with Crippen LogP contribution in [0.3, 0.4) is 0 Å². The summed E-state index contributed by atoms with van der Waals surface area (Å²) in [4.78, 5) is 63.0. The van der Waals surface area contributed by atoms with Gasteiger partial charge in [-0.2, -0.15) is 0 Å². The Morgan fingerprint density at radius 2 is 1.57 bits per heavy atom. The molecule has 2 aromatic carbocycles. The molecule has 0 spiro atoms. The summed E-state index contributed by atoms with van der Waals surface area (Å²) in [5, 5.41) is 11.1. The largest absolute Gasteiger partial charge is 0.339 e. The third-order valence-electron chi connectivity index (χ3n) is 11.3. The first kappa shape index (κ1) is 41.0. The zero-order valence-corrected chi connectivity index (χ0v) is 35.5. The van der Waals surface area contributed by atoms with Crippen molar-refractivity contribution in [3.8, 4) is 21.0 Å². The van der Waals surface area contributed by atoms with Gasteiger partial charge in [-0.3, -0.25) is 19.4 Å². The van der Waals surface area contributed by atoms with Crippen LogP contribution in [0, 0.1) is 12.8 Å². The van der Waals surface area contributed by atoms with Crippen molar-refractivity contribution in [2.45, 2.75) is 33.1 Å². The van der Waals surface area contributed by atoms with Crippen LogP contribution in [0.25, 0.3) is 21.0 Å². The summed E-state index contributed by atoms with van der Waals surface area (Å²) in [6.07, 6.45) is 8.00. The van der Waals surface area contributed by atoms with Crippen LogP contribution < -0.4 is 16.0 Å². The first-order valence-corrected chi connectivity index (χ1v) is 22.2. The number of likely N-dealkylation sites (tertiary alicyclic amines) is 1. The summed E-state index contributed by atoms with van der Waals surface area (Å²) in [5.74, 6) is 0.513. The number of carbonyl (C=O) groups excluding carboxylic acids is 3. The highest BCUT2D eigenvalue weighted by Crippen LogP contribution is 2.32. The van der Waals surface area contributed by atoms with Gasteiger partial charge in [-0.25, -0.2) is 9.97 Å². The van der Waals surface area contributed by atoms with Gasteiger partial charge in [0.15, 0.2) is 0 Å². The molecule has 0 saturated carbocycles. The van der Waals surface area contributed by atoms with E-state index >= 15 is 0 Å². The van der Waals surface area contributed by atoms with E-state index < -0.39 is 0 Å². The fourth-order valence-corrected chi connectivity index (χ4v) is 9.40. The number of hydrogen-bond acceptors (Lipinski definition) is 11. The van der Waals surface area contributed by atoms with E-state index in [1.54, 1.807) is 29.7 Å². The standard InChI is InChI=1S/C46H49N9O3S2/c1-3-53-22-24-54(25-23-53)19-15-32-16-20-55(21-17-32)45(58)34-9-7-33(8-10-34)38-14-18-48-46(51-38)52-39-28-36(11-6-31(39)2)49-43(56)35-27-37(30-47-29-35)50-44(57)42-13-12-41(60-42)40-5-4-26-59-40/h4-14,18,26-30,32H,3,15-17,19-25H2,1-2H3,(H,49,56)(H,50,57)(H,48,51,52). The average molecular weight is 840 g/mol. The number of piperidine rings is 1. The highest BCUT2D eigenvalue weighted by molar-refractivity contribution is 7.22. The zero-order chi connectivity index (χ0) is 41.4. The van der Waals surface area contributed by atoms with Crippen molar-refractivity contribution in [1.82, 2.24) is 29.7 Å². The predicted octanol–water partition coefficient (Wildman–Crippen LogP) is 8.77. The van der Waals surface area contributed by atoms with Crippen molar-refractivity contribution in [3.63, 3.8) is 0 Å². The lowest BCUT2D eigenvalue weighted by molar-refractivity contribution is 0.0673. The maximum Gasteiger partial charge on any atom is 0.265 e. The van der Waals surface area contributed by atoms with E-state index in [2.05, 4.69) is 42.6 Å². The quantitative estimate of drug-likeness (QED) is 0.104. The minimum atomic E-state index is -0.374. The smallest absolute Gasteiger partial charge is 0.265 e. The lowest BCUT2D eigenvalue weighted by atomic mass is 9.92. The van der Waals surface area contributed by atoms with Crippen LogP contribution >= 0.6 is 22.7 Å². The van der Waals surface area contributed by atoms with Crippen LogP contribution in [-0.4, -0.2) is 99.7 Å². The third-order valence-corrected chi connectivity index (χ3v) is 13.5. The molecule has 2 saturated heterocycles. The molecule has 308 valence electrons. The second-order valence-electron chi connectivity index (χ2n) is 15.3. The number of aryl methyl sites for hydroxylation is 1. The molecule has 0 atom stereocenters. The minimum absolute atomic E-state index is 0.0803. The Labute approximate surface area is 358 Å². The number of nitrogens with zero attached hydrogens (tertiary/aromatic N) is 6. The molecule has 4 aromatic heterocycles. The highest BCUT2D eigenvalue weighted by Gasteiger charge is 2.25. The number of thiophene rings is 2. The van der Waals surface area contributed by atoms with Crippen molar-refractivity contribution in [1.29, 1.82) is 0 Å². The Kier molecular flexibility index (Phi) is 13.0. The minimum Gasteiger partial charge on any atom is -0.339 e. The summed E-state index contributed by atoms with van der Waals surface area (Å²) in [6.45, 7) is 12.8. The molecule has 6 heterocycles. The van der Waals surface area contributed by atoms with Crippen molar-refractivity contribution in [3.05, 3.63) is 124 Å². The van der Waals surface area contributed by atoms with E-state index in [1.807, 2.05) is 83.9 Å². The highest BCUT2D eigenvalue weighted by atomic mass is 32.1. The first-order valence-electron chi connectivity index (χ1n) is 20.5. The Hall–Kier alpha value is -5.80. The Morgan fingerprint density at radius 3 is 2.33 bits per heavy atom. The van der Waals surface area contributed by atoms with E-state index in [4.69, 9.17) is 4.98 Å². The Morgan fingerprint density at radius 1 is 0.783 bits per heavy atom. The van der Waals surface area contributed by atoms with Crippen molar-refractivity contribution < 1.29 is 14.4 Å². The Bertz CT molecular complexity index is 2420. The van der Waals surface area contributed by atoms with E-state index in [0.717, 1.165) is 78.7 Å². The number of rotatable bonds is 13. The van der Waals surface area contributed by atoms with Gasteiger partial charge < -0.3 is 30.7 Å². The van der Waals surface area contributed by atoms with Crippen LogP contribution in [0.15, 0.2) is 103 Å². The van der Waals surface area contributed by atoms with E-state index in [1.165, 1.54) is 43.2 Å². The number of carbonyl (C=O) groups is 3. The van der Waals surface area contributed by atoms with Crippen molar-refractivity contribution in [2.24, 2.45) is 5.92 Å². The van der Waals surface area contributed by atoms with Crippen LogP contribution in [0.1, 0.15) is 62.1 Å². The SMILES string of the molecule is CCN1CCN(CCC2CCN(C(=O)c3ccc(-c4ccnc(Nc5cc(NC(=O)c6cncc(NC(=O)c7ccc(-c8cccs8)s7)c6)ccc5C)n4)cc3)CC2)CC1. The second-order valence-corrected chi connectivity index (χ2v) is 17.3. The van der Waals surface area contributed by atoms with E-state index in [9.17, 15) is 14.4 Å². The van der Waals surface area contributed by atoms with Gasteiger partial charge in [0.2, 0.25) is 5.95 Å². The van der Waals surface area contributed by atoms with Crippen LogP contribution in [0.2, 0.25) is 0 Å². The summed E-state index contributed by atoms with van der Waals surface area (Å²) in [6, 6.07) is 24.4. The van der Waals surface area contributed by atoms with Crippen molar-refractivity contribution in [2.75, 3.05) is 68.3 Å². The topological polar surface area (TPSA) is 136 Å². The number of hydrogen-bond donors (Lipinski definition) is 3. The molecule has 0 aliphatic carbocycles. The molecular weight excluding hydrogens is 791 g/mol. The number of anilines is 4. The Balaban J connectivity index is 0.839. The monoisotopic (exact) mass is 839 g/mol. The molecular formula is C46H49N9O3S2. The van der Waals surface area contributed by atoms with Crippen LogP contribution in [0.5, 0.6) is 0 Å². The molecule has 14 heteroatoms. The molecule has 3 N–H and O–H groups in total. The lowest BCUT2D eigenvalue weighted by Crippen LogP contribution is -2.46. The fraction of sp³-hybridized carbons (Fsp3) is 0.304. The van der Waals surface area contributed by atoms with E-state index in [-0.39, 0.29) is 17.7 Å². The molecule has 8 rings (SSSR count). The van der Waals surface area contributed by atoms with Gasteiger partial charge in [-0.1, -0.05) is 31.2 Å². The number of amides is 3. The van der Waals surface area contributed by atoms with Crippen LogP contribution in [0.4, 0.5) is 23.0 Å². The van der Waals surface area contributed by atoms with Gasteiger partial charge in [0, 0.05) is 83.9 Å². The molecule has 12 nitrogen and oxygen atoms in total. The fourth-order valence-electron chi connectivity index (χ4n) is 7.66. The van der Waals surface area contributed by atoms with Gasteiger partial charge in [0.1, 0.15) is 0 Å². The predicted molar refractivity (Wildman–Crippen MR) is 242 cm³/mol. The number of benzene rings is 2. The molecule has 0 radical (unpaired) electrons. The summed E-state index contributed by atoms with van der Waals surface area (Å²) < 4.78 is 0. The molecule has 2 aliphatic heterocycles. The molecule has 0 bridgehead atoms. The van der Waals surface area contributed by atoms with Crippen molar-refractivity contribution >= 4 is 63.4 Å². The molecule has 6 aromatic rings. The second kappa shape index (κ2) is 19.1. The van der Waals surface area contributed by atoms with Gasteiger partial charge in [0.05, 0.1) is 28.0 Å². The number of nitrogens with one attached hydrogen (secondary N) is 3. The maximum absolute atomic E-state index is 13.5. The van der Waals surface area contributed by atoms with E-state index in [0.29, 0.717) is 44.9 Å². The van der Waals surface area contributed by atoms with Gasteiger partial charge in [-0.15, -0.1) is 22.7 Å².